The van der Waals surface area contributed by atoms with Crippen LogP contribution in [0.3, 0.4) is 0 Å². The number of hydrogen-bond acceptors (Lipinski definition) is 2. The highest BCUT2D eigenvalue weighted by Crippen LogP contribution is 2.29. The van der Waals surface area contributed by atoms with E-state index in [1.807, 2.05) is 12.1 Å². The molecule has 1 aromatic rings. The molecule has 0 radical (unpaired) electrons. The molecule has 0 aromatic heterocycles. The Kier molecular flexibility index (Phi) is 3.40. The molecule has 0 saturated carbocycles. The molecule has 0 unspecified atom stereocenters. The minimum absolute atomic E-state index is 0.116. The molecule has 0 spiro atoms. The summed E-state index contributed by atoms with van der Waals surface area (Å²) in [4.78, 5) is 0. The van der Waals surface area contributed by atoms with Gasteiger partial charge in [-0.1, -0.05) is 39.5 Å². The number of anilines is 1. The van der Waals surface area contributed by atoms with Crippen molar-refractivity contribution in [3.05, 3.63) is 36.4 Å². The van der Waals surface area contributed by atoms with Crippen molar-refractivity contribution in [2.75, 3.05) is 12.3 Å². The Morgan fingerprint density at radius 2 is 2.07 bits per heavy atom. The first kappa shape index (κ1) is 11.6. The number of ether oxygens (including phenoxy) is 1. The first-order valence-corrected chi connectivity index (χ1v) is 5.09. The fourth-order valence-corrected chi connectivity index (χ4v) is 1.30. The molecule has 2 heteroatoms. The second-order valence-electron chi connectivity index (χ2n) is 4.60. The number of benzene rings is 1. The van der Waals surface area contributed by atoms with E-state index in [9.17, 15) is 0 Å². The summed E-state index contributed by atoms with van der Waals surface area (Å²) >= 11 is 0. The zero-order chi connectivity index (χ0) is 11.5. The molecule has 2 nitrogen and oxygen atoms in total. The van der Waals surface area contributed by atoms with Crippen molar-refractivity contribution in [1.29, 1.82) is 0 Å². The van der Waals surface area contributed by atoms with Crippen LogP contribution in [0.15, 0.2) is 30.9 Å². The Morgan fingerprint density at radius 1 is 1.40 bits per heavy atom. The summed E-state index contributed by atoms with van der Waals surface area (Å²) in [6.45, 7) is 10.6. The Labute approximate surface area is 91.7 Å². The van der Waals surface area contributed by atoms with Crippen LogP contribution in [0, 0.1) is 0 Å². The van der Waals surface area contributed by atoms with Crippen LogP contribution in [-0.4, -0.2) is 6.61 Å². The molecule has 2 N–H and O–H groups in total. The van der Waals surface area contributed by atoms with Crippen LogP contribution in [-0.2, 0) is 5.41 Å². The molecule has 1 aromatic carbocycles. The van der Waals surface area contributed by atoms with Gasteiger partial charge >= 0.3 is 0 Å². The molecule has 15 heavy (non-hydrogen) atoms. The molecule has 0 aliphatic carbocycles. The molecular formula is C13H19NO. The van der Waals surface area contributed by atoms with Gasteiger partial charge in [0, 0.05) is 0 Å². The van der Waals surface area contributed by atoms with Gasteiger partial charge in [-0.2, -0.15) is 0 Å². The molecule has 0 aliphatic rings. The van der Waals surface area contributed by atoms with Gasteiger partial charge in [0.1, 0.15) is 12.4 Å². The van der Waals surface area contributed by atoms with E-state index in [-0.39, 0.29) is 5.41 Å². The summed E-state index contributed by atoms with van der Waals surface area (Å²) in [5.41, 5.74) is 7.91. The lowest BCUT2D eigenvalue weighted by molar-refractivity contribution is 0.365. The van der Waals surface area contributed by atoms with E-state index in [0.717, 1.165) is 5.75 Å². The number of nitrogen functional groups attached to an aromatic ring is 1. The maximum absolute atomic E-state index is 5.90. The predicted octanol–water partition coefficient (Wildman–Crippen LogP) is 3.13. The molecule has 82 valence electrons. The first-order valence-electron chi connectivity index (χ1n) is 5.09. The minimum atomic E-state index is 0.116. The largest absolute Gasteiger partial charge is 0.487 e. The van der Waals surface area contributed by atoms with Crippen molar-refractivity contribution in [3.63, 3.8) is 0 Å². The summed E-state index contributed by atoms with van der Waals surface area (Å²) in [6.07, 6.45) is 1.71. The molecular weight excluding hydrogens is 186 g/mol. The summed E-state index contributed by atoms with van der Waals surface area (Å²) in [6, 6.07) is 5.94. The van der Waals surface area contributed by atoms with Crippen molar-refractivity contribution in [3.8, 4) is 5.75 Å². The zero-order valence-electron chi connectivity index (χ0n) is 9.71. The van der Waals surface area contributed by atoms with Crippen LogP contribution in [0.25, 0.3) is 0 Å². The monoisotopic (exact) mass is 205 g/mol. The van der Waals surface area contributed by atoms with Gasteiger partial charge in [-0.05, 0) is 23.1 Å². The van der Waals surface area contributed by atoms with Gasteiger partial charge in [0.25, 0.3) is 0 Å². The average molecular weight is 205 g/mol. The van der Waals surface area contributed by atoms with Crippen LogP contribution < -0.4 is 10.5 Å². The van der Waals surface area contributed by atoms with Crippen LogP contribution in [0.1, 0.15) is 26.3 Å². The summed E-state index contributed by atoms with van der Waals surface area (Å²) in [5.74, 6) is 0.725. The summed E-state index contributed by atoms with van der Waals surface area (Å²) in [5, 5.41) is 0. The number of nitrogens with two attached hydrogens (primary N) is 1. The fourth-order valence-electron chi connectivity index (χ4n) is 1.30. The normalized spacial score (nSPS) is 11.1. The van der Waals surface area contributed by atoms with Crippen LogP contribution in [0.5, 0.6) is 5.75 Å². The van der Waals surface area contributed by atoms with Crippen LogP contribution >= 0.6 is 0 Å². The van der Waals surface area contributed by atoms with E-state index >= 15 is 0 Å². The highest BCUT2D eigenvalue weighted by atomic mass is 16.5. The van der Waals surface area contributed by atoms with E-state index in [1.54, 1.807) is 6.08 Å². The molecule has 0 fully saturated rings. The second kappa shape index (κ2) is 4.39. The average Bonchev–Trinajstić information content (AvgIpc) is 2.14. The standard InChI is InChI=1S/C13H19NO/c1-5-8-15-12-7-6-10(9-11(12)14)13(2,3)4/h5-7,9H,1,8,14H2,2-4H3. The fraction of sp³-hybridized carbons (Fsp3) is 0.385. The third-order valence-corrected chi connectivity index (χ3v) is 2.23. The molecule has 0 aliphatic heterocycles. The van der Waals surface area contributed by atoms with Gasteiger partial charge in [0.05, 0.1) is 5.69 Å². The molecule has 0 saturated heterocycles. The second-order valence-corrected chi connectivity index (χ2v) is 4.60. The smallest absolute Gasteiger partial charge is 0.142 e. The topological polar surface area (TPSA) is 35.2 Å². The predicted molar refractivity (Wildman–Crippen MR) is 65.2 cm³/mol. The van der Waals surface area contributed by atoms with Gasteiger partial charge in [0.15, 0.2) is 0 Å². The highest BCUT2D eigenvalue weighted by Gasteiger charge is 2.14. The third-order valence-electron chi connectivity index (χ3n) is 2.23. The maximum atomic E-state index is 5.90. The van der Waals surface area contributed by atoms with E-state index in [1.165, 1.54) is 5.56 Å². The van der Waals surface area contributed by atoms with E-state index in [0.29, 0.717) is 12.3 Å². The molecule has 1 rings (SSSR count). The Bertz CT molecular complexity index is 350. The van der Waals surface area contributed by atoms with Crippen LogP contribution in [0.4, 0.5) is 5.69 Å². The molecule has 0 heterocycles. The molecule has 0 bridgehead atoms. The Hall–Kier alpha value is -1.44. The van der Waals surface area contributed by atoms with Gasteiger partial charge in [-0.15, -0.1) is 0 Å². The van der Waals surface area contributed by atoms with Gasteiger partial charge in [-0.3, -0.25) is 0 Å². The van der Waals surface area contributed by atoms with Gasteiger partial charge in [-0.25, -0.2) is 0 Å². The third kappa shape index (κ3) is 3.01. The molecule has 0 atom stereocenters. The number of hydrogen-bond donors (Lipinski definition) is 1. The van der Waals surface area contributed by atoms with E-state index in [2.05, 4.69) is 33.4 Å². The van der Waals surface area contributed by atoms with Crippen molar-refractivity contribution >= 4 is 5.69 Å². The minimum Gasteiger partial charge on any atom is -0.487 e. The lowest BCUT2D eigenvalue weighted by Gasteiger charge is -2.20. The van der Waals surface area contributed by atoms with E-state index in [4.69, 9.17) is 10.5 Å². The Balaban J connectivity index is 2.93. The zero-order valence-corrected chi connectivity index (χ0v) is 9.71. The van der Waals surface area contributed by atoms with Crippen molar-refractivity contribution in [1.82, 2.24) is 0 Å². The lowest BCUT2D eigenvalue weighted by atomic mass is 9.87. The summed E-state index contributed by atoms with van der Waals surface area (Å²) in [7, 11) is 0. The van der Waals surface area contributed by atoms with Crippen molar-refractivity contribution in [2.45, 2.75) is 26.2 Å². The SMILES string of the molecule is C=CCOc1ccc(C(C)(C)C)cc1N. The van der Waals surface area contributed by atoms with Crippen LogP contribution in [0.2, 0.25) is 0 Å². The first-order chi connectivity index (χ1) is 6.95. The highest BCUT2D eigenvalue weighted by molar-refractivity contribution is 5.55. The van der Waals surface area contributed by atoms with Gasteiger partial charge in [0.2, 0.25) is 0 Å². The summed E-state index contributed by atoms with van der Waals surface area (Å²) < 4.78 is 5.41. The molecule has 0 amide bonds. The number of rotatable bonds is 3. The van der Waals surface area contributed by atoms with Crippen molar-refractivity contribution < 1.29 is 4.74 Å². The van der Waals surface area contributed by atoms with Gasteiger partial charge < -0.3 is 10.5 Å². The quantitative estimate of drug-likeness (QED) is 0.607. The lowest BCUT2D eigenvalue weighted by Crippen LogP contribution is -2.11. The maximum Gasteiger partial charge on any atom is 0.142 e. The Morgan fingerprint density at radius 3 is 2.53 bits per heavy atom. The van der Waals surface area contributed by atoms with Crippen molar-refractivity contribution in [2.24, 2.45) is 0 Å². The van der Waals surface area contributed by atoms with E-state index < -0.39 is 0 Å².